The molecule has 2 N–H and O–H groups in total. The maximum absolute atomic E-state index is 13.5. The molecule has 28 heavy (non-hydrogen) atoms. The number of anilines is 1. The zero-order valence-corrected chi connectivity index (χ0v) is 14.9. The van der Waals surface area contributed by atoms with Crippen molar-refractivity contribution in [2.24, 2.45) is 5.10 Å². The van der Waals surface area contributed by atoms with Crippen LogP contribution in [0.2, 0.25) is 0 Å². The van der Waals surface area contributed by atoms with Crippen LogP contribution in [0.1, 0.15) is 12.5 Å². The molecule has 0 fully saturated rings. The summed E-state index contributed by atoms with van der Waals surface area (Å²) in [6, 6.07) is 4.48. The molecular formula is C17H16F4N4O3. The van der Waals surface area contributed by atoms with Crippen molar-refractivity contribution in [3.63, 3.8) is 0 Å². The molecule has 1 heterocycles. The molecule has 1 aromatic heterocycles. The van der Waals surface area contributed by atoms with E-state index >= 15 is 0 Å². The van der Waals surface area contributed by atoms with E-state index in [9.17, 15) is 22.4 Å². The number of rotatable bonds is 8. The number of amides is 1. The third-order valence-electron chi connectivity index (χ3n) is 3.31. The highest BCUT2D eigenvalue weighted by molar-refractivity contribution is 5.82. The summed E-state index contributed by atoms with van der Waals surface area (Å²) in [6.07, 6.45) is 1.13. The summed E-state index contributed by atoms with van der Waals surface area (Å²) < 4.78 is 63.6. The SMILES string of the molecule is CCNC(=O)COc1ccc(/C=N\Nc2c(F)c(F)nc(F)c2F)cc1OC. The van der Waals surface area contributed by atoms with Crippen LogP contribution in [0.25, 0.3) is 0 Å². The molecule has 0 radical (unpaired) electrons. The number of hydrogen-bond donors (Lipinski definition) is 2. The van der Waals surface area contributed by atoms with Crippen molar-refractivity contribution in [2.45, 2.75) is 6.92 Å². The predicted octanol–water partition coefficient (Wildman–Crippen LogP) is 2.61. The molecule has 0 atom stereocenters. The van der Waals surface area contributed by atoms with Gasteiger partial charge in [-0.15, -0.1) is 0 Å². The maximum Gasteiger partial charge on any atom is 0.257 e. The lowest BCUT2D eigenvalue weighted by molar-refractivity contribution is -0.123. The zero-order chi connectivity index (χ0) is 20.7. The van der Waals surface area contributed by atoms with Crippen LogP contribution in [0.5, 0.6) is 11.5 Å². The number of hydrogen-bond acceptors (Lipinski definition) is 6. The monoisotopic (exact) mass is 400 g/mol. The zero-order valence-electron chi connectivity index (χ0n) is 14.9. The summed E-state index contributed by atoms with van der Waals surface area (Å²) in [7, 11) is 1.38. The largest absolute Gasteiger partial charge is 0.493 e. The molecule has 0 bridgehead atoms. The molecule has 0 aliphatic rings. The molecule has 0 saturated heterocycles. The van der Waals surface area contributed by atoms with Crippen molar-refractivity contribution in [3.8, 4) is 11.5 Å². The Balaban J connectivity index is 2.12. The fourth-order valence-corrected chi connectivity index (χ4v) is 2.03. The molecule has 11 heteroatoms. The average molecular weight is 400 g/mol. The van der Waals surface area contributed by atoms with E-state index in [0.717, 1.165) is 6.21 Å². The highest BCUT2D eigenvalue weighted by Gasteiger charge is 2.20. The summed E-state index contributed by atoms with van der Waals surface area (Å²) in [4.78, 5) is 13.9. The van der Waals surface area contributed by atoms with E-state index in [4.69, 9.17) is 9.47 Å². The minimum absolute atomic E-state index is 0.211. The number of aromatic nitrogens is 1. The predicted molar refractivity (Wildman–Crippen MR) is 92.5 cm³/mol. The quantitative estimate of drug-likeness (QED) is 0.308. The highest BCUT2D eigenvalue weighted by Crippen LogP contribution is 2.27. The van der Waals surface area contributed by atoms with Crippen LogP contribution >= 0.6 is 0 Å². The number of methoxy groups -OCH3 is 1. The summed E-state index contributed by atoms with van der Waals surface area (Å²) in [6.45, 7) is 2.03. The molecule has 2 rings (SSSR count). The molecule has 7 nitrogen and oxygen atoms in total. The number of ether oxygens (including phenoxy) is 2. The van der Waals surface area contributed by atoms with Crippen LogP contribution in [-0.2, 0) is 4.79 Å². The minimum Gasteiger partial charge on any atom is -0.493 e. The summed E-state index contributed by atoms with van der Waals surface area (Å²) in [5.74, 6) is -6.76. The average Bonchev–Trinajstić information content (AvgIpc) is 2.68. The van der Waals surface area contributed by atoms with E-state index in [2.05, 4.69) is 15.4 Å². The number of carbonyl (C=O) groups excluding carboxylic acids is 1. The van der Waals surface area contributed by atoms with Gasteiger partial charge in [-0.1, -0.05) is 0 Å². The molecule has 0 saturated carbocycles. The highest BCUT2D eigenvalue weighted by atomic mass is 19.2. The van der Waals surface area contributed by atoms with E-state index in [1.165, 1.54) is 25.3 Å². The molecule has 1 amide bonds. The van der Waals surface area contributed by atoms with Gasteiger partial charge in [-0.05, 0) is 30.7 Å². The number of halogens is 4. The number of nitrogens with zero attached hydrogens (tertiary/aromatic N) is 2. The summed E-state index contributed by atoms with van der Waals surface area (Å²) >= 11 is 0. The van der Waals surface area contributed by atoms with Crippen LogP contribution in [-0.4, -0.2) is 37.4 Å². The Morgan fingerprint density at radius 3 is 2.46 bits per heavy atom. The second-order valence-electron chi connectivity index (χ2n) is 5.22. The first-order chi connectivity index (χ1) is 13.4. The Bertz CT molecular complexity index is 867. The topological polar surface area (TPSA) is 84.8 Å². The minimum atomic E-state index is -1.80. The van der Waals surface area contributed by atoms with Crippen molar-refractivity contribution in [2.75, 3.05) is 25.7 Å². The van der Waals surface area contributed by atoms with Crippen LogP contribution in [0.4, 0.5) is 23.2 Å². The summed E-state index contributed by atoms with van der Waals surface area (Å²) in [5.41, 5.74) is 1.18. The number of pyridine rings is 1. The van der Waals surface area contributed by atoms with Crippen molar-refractivity contribution >= 4 is 17.8 Å². The molecule has 150 valence electrons. The molecule has 1 aromatic carbocycles. The first kappa shape index (κ1) is 20.9. The number of benzene rings is 1. The van der Waals surface area contributed by atoms with Gasteiger partial charge in [-0.3, -0.25) is 10.2 Å². The van der Waals surface area contributed by atoms with Crippen molar-refractivity contribution in [3.05, 3.63) is 47.3 Å². The standard InChI is InChI=1S/C17H16F4N4O3/c1-3-22-12(26)8-28-10-5-4-9(6-11(10)27-2)7-23-25-15-13(18)16(20)24-17(21)14(15)19/h4-7H,3,8H2,1-2H3,(H,22,26)(H,24,25)/b23-7-. The van der Waals surface area contributed by atoms with Gasteiger partial charge >= 0.3 is 0 Å². The van der Waals surface area contributed by atoms with Gasteiger partial charge in [0.05, 0.1) is 13.3 Å². The van der Waals surface area contributed by atoms with Crippen molar-refractivity contribution < 1.29 is 31.8 Å². The Kier molecular flexibility index (Phi) is 7.13. The van der Waals surface area contributed by atoms with E-state index in [-0.39, 0.29) is 24.0 Å². The molecule has 0 unspecified atom stereocenters. The number of nitrogens with one attached hydrogen (secondary N) is 2. The van der Waals surface area contributed by atoms with Gasteiger partial charge in [0.15, 0.2) is 18.1 Å². The van der Waals surface area contributed by atoms with E-state index in [0.29, 0.717) is 12.1 Å². The lowest BCUT2D eigenvalue weighted by atomic mass is 10.2. The second kappa shape index (κ2) is 9.53. The molecule has 0 aliphatic carbocycles. The lowest BCUT2D eigenvalue weighted by Gasteiger charge is -2.11. The normalized spacial score (nSPS) is 10.8. The first-order valence-corrected chi connectivity index (χ1v) is 7.94. The third kappa shape index (κ3) is 5.09. The fraction of sp³-hybridized carbons (Fsp3) is 0.235. The molecule has 0 spiro atoms. The maximum atomic E-state index is 13.5. The van der Waals surface area contributed by atoms with Gasteiger partial charge in [0, 0.05) is 6.54 Å². The van der Waals surface area contributed by atoms with Crippen molar-refractivity contribution in [1.82, 2.24) is 10.3 Å². The Hall–Kier alpha value is -3.37. The fourth-order valence-electron chi connectivity index (χ4n) is 2.03. The van der Waals surface area contributed by atoms with Gasteiger partial charge in [0.2, 0.25) is 11.6 Å². The Morgan fingerprint density at radius 2 is 1.86 bits per heavy atom. The Morgan fingerprint density at radius 1 is 1.18 bits per heavy atom. The van der Waals surface area contributed by atoms with Crippen LogP contribution < -0.4 is 20.2 Å². The van der Waals surface area contributed by atoms with Gasteiger partial charge in [-0.2, -0.15) is 27.6 Å². The smallest absolute Gasteiger partial charge is 0.257 e. The van der Waals surface area contributed by atoms with Crippen LogP contribution in [0, 0.1) is 23.5 Å². The van der Waals surface area contributed by atoms with E-state index in [1.54, 1.807) is 6.92 Å². The van der Waals surface area contributed by atoms with Crippen LogP contribution in [0.3, 0.4) is 0 Å². The van der Waals surface area contributed by atoms with Gasteiger partial charge in [0.25, 0.3) is 17.8 Å². The lowest BCUT2D eigenvalue weighted by Crippen LogP contribution is -2.28. The number of hydrazone groups is 1. The Labute approximate surface area is 157 Å². The van der Waals surface area contributed by atoms with Gasteiger partial charge < -0.3 is 14.8 Å². The number of carbonyl (C=O) groups is 1. The number of likely N-dealkylation sites (N-methyl/N-ethyl adjacent to an activating group) is 1. The molecular weight excluding hydrogens is 384 g/mol. The second-order valence-corrected chi connectivity index (χ2v) is 5.22. The van der Waals surface area contributed by atoms with Gasteiger partial charge in [0.1, 0.15) is 5.69 Å². The molecule has 2 aromatic rings. The van der Waals surface area contributed by atoms with Gasteiger partial charge in [-0.25, -0.2) is 0 Å². The van der Waals surface area contributed by atoms with Crippen molar-refractivity contribution in [1.29, 1.82) is 0 Å². The van der Waals surface area contributed by atoms with Crippen LogP contribution in [0.15, 0.2) is 23.3 Å². The molecule has 0 aliphatic heterocycles. The third-order valence-corrected chi connectivity index (χ3v) is 3.31. The van der Waals surface area contributed by atoms with E-state index in [1.807, 2.05) is 5.43 Å². The summed E-state index contributed by atoms with van der Waals surface area (Å²) in [5, 5.41) is 6.11. The van der Waals surface area contributed by atoms with E-state index < -0.39 is 29.2 Å². The first-order valence-electron chi connectivity index (χ1n) is 7.94.